The molecule has 3 atom stereocenters. The normalized spacial score (nSPS) is 16.0. The van der Waals surface area contributed by atoms with Crippen LogP contribution in [0.1, 0.15) is 86.0 Å². The molecule has 4 nitrogen and oxygen atoms in total. The van der Waals surface area contributed by atoms with Crippen LogP contribution in [0, 0.1) is 5.92 Å². The summed E-state index contributed by atoms with van der Waals surface area (Å²) in [5, 5.41) is 0. The minimum Gasteiger partial charge on any atom is -0.465 e. The summed E-state index contributed by atoms with van der Waals surface area (Å²) in [6.07, 6.45) is 1.33. The fourth-order valence-corrected chi connectivity index (χ4v) is 3.43. The molecule has 0 amide bonds. The van der Waals surface area contributed by atoms with Gasteiger partial charge in [-0.3, -0.25) is 4.79 Å². The molecule has 162 valence electrons. The highest BCUT2D eigenvalue weighted by atomic mass is 32.2. The van der Waals surface area contributed by atoms with Crippen LogP contribution >= 0.6 is 0 Å². The van der Waals surface area contributed by atoms with E-state index in [4.69, 9.17) is 4.74 Å². The number of carbonyl (C=O) groups excluding carboxylic acids is 1. The fraction of sp³-hybridized carbons (Fsp3) is 0.947. The largest absolute Gasteiger partial charge is 0.465 e. The van der Waals surface area contributed by atoms with Crippen molar-refractivity contribution in [2.24, 2.45) is 5.92 Å². The minimum atomic E-state index is -4.70. The van der Waals surface area contributed by atoms with Gasteiger partial charge in [0.25, 0.3) is 0 Å². The summed E-state index contributed by atoms with van der Waals surface area (Å²) in [6, 6.07) is -2.18. The Kier molecular flexibility index (Phi) is 12.5. The first kappa shape index (κ1) is 26.4. The van der Waals surface area contributed by atoms with Crippen LogP contribution in [0.3, 0.4) is 0 Å². The van der Waals surface area contributed by atoms with Crippen molar-refractivity contribution >= 4 is 17.0 Å². The zero-order valence-electron chi connectivity index (χ0n) is 17.3. The SMILES string of the molecule is CCCCCCCC[C@H](C(=O)OCCC)[C@H](N[S@@](=O)C(C)(C)C)C(F)(F)F. The van der Waals surface area contributed by atoms with Gasteiger partial charge < -0.3 is 4.74 Å². The quantitative estimate of drug-likeness (QED) is 0.328. The summed E-state index contributed by atoms with van der Waals surface area (Å²) in [5.41, 5.74) is 0. The zero-order valence-corrected chi connectivity index (χ0v) is 18.1. The standard InChI is InChI=1S/C19H36F3NO3S/c1-6-8-9-10-11-12-13-15(17(24)26-14-7-2)16(19(20,21)22)23-27(25)18(3,4)5/h15-16,23H,6-14H2,1-5H3/t15-,16-,27-/m0/s1. The molecule has 0 heterocycles. The van der Waals surface area contributed by atoms with E-state index in [2.05, 4.69) is 11.6 Å². The molecule has 0 radical (unpaired) electrons. The van der Waals surface area contributed by atoms with E-state index in [1.165, 1.54) is 0 Å². The van der Waals surface area contributed by atoms with Gasteiger partial charge in [-0.05, 0) is 33.6 Å². The van der Waals surface area contributed by atoms with Gasteiger partial charge in [0, 0.05) is 0 Å². The molecule has 0 aliphatic rings. The molecule has 0 saturated carbocycles. The Bertz CT molecular complexity index is 450. The smallest absolute Gasteiger partial charge is 0.405 e. The number of hydrogen-bond acceptors (Lipinski definition) is 3. The molecule has 0 aromatic carbocycles. The number of rotatable bonds is 13. The highest BCUT2D eigenvalue weighted by Gasteiger charge is 2.49. The summed E-state index contributed by atoms with van der Waals surface area (Å²) in [4.78, 5) is 12.3. The molecule has 0 aromatic rings. The lowest BCUT2D eigenvalue weighted by molar-refractivity contribution is -0.179. The highest BCUT2D eigenvalue weighted by Crippen LogP contribution is 2.31. The molecular formula is C19H36F3NO3S. The third-order valence-electron chi connectivity index (χ3n) is 4.17. The topological polar surface area (TPSA) is 55.4 Å². The van der Waals surface area contributed by atoms with Crippen LogP contribution in [-0.4, -0.2) is 33.8 Å². The van der Waals surface area contributed by atoms with Gasteiger partial charge in [0.1, 0.15) is 6.04 Å². The van der Waals surface area contributed by atoms with Crippen LogP contribution in [-0.2, 0) is 20.5 Å². The maximum Gasteiger partial charge on any atom is 0.405 e. The van der Waals surface area contributed by atoms with Crippen LogP contribution < -0.4 is 4.72 Å². The van der Waals surface area contributed by atoms with Crippen molar-refractivity contribution in [3.8, 4) is 0 Å². The molecule has 0 aliphatic heterocycles. The Morgan fingerprint density at radius 3 is 2.04 bits per heavy atom. The van der Waals surface area contributed by atoms with E-state index in [1.54, 1.807) is 27.7 Å². The summed E-state index contributed by atoms with van der Waals surface area (Å²) < 4.78 is 59.6. The molecular weight excluding hydrogens is 379 g/mol. The van der Waals surface area contributed by atoms with Gasteiger partial charge in [-0.2, -0.15) is 13.2 Å². The predicted octanol–water partition coefficient (Wildman–Crippen LogP) is 5.29. The van der Waals surface area contributed by atoms with E-state index in [0.717, 1.165) is 32.1 Å². The maximum atomic E-state index is 13.7. The van der Waals surface area contributed by atoms with Gasteiger partial charge in [-0.15, -0.1) is 0 Å². The van der Waals surface area contributed by atoms with Crippen LogP contribution in [0.25, 0.3) is 0 Å². The average molecular weight is 416 g/mol. The summed E-state index contributed by atoms with van der Waals surface area (Å²) in [6.45, 7) is 8.71. The van der Waals surface area contributed by atoms with Gasteiger partial charge in [0.2, 0.25) is 0 Å². The van der Waals surface area contributed by atoms with Gasteiger partial charge in [0.05, 0.1) is 28.3 Å². The Labute approximate surface area is 164 Å². The second-order valence-electron chi connectivity index (χ2n) is 7.85. The van der Waals surface area contributed by atoms with Crippen LogP contribution in [0.4, 0.5) is 13.2 Å². The lowest BCUT2D eigenvalue weighted by atomic mass is 9.93. The lowest BCUT2D eigenvalue weighted by Gasteiger charge is -2.30. The van der Waals surface area contributed by atoms with Crippen LogP contribution in [0.5, 0.6) is 0 Å². The number of ether oxygens (including phenoxy) is 1. The lowest BCUT2D eigenvalue weighted by Crippen LogP contribution is -2.53. The number of halogens is 3. The first-order valence-electron chi connectivity index (χ1n) is 9.86. The average Bonchev–Trinajstić information content (AvgIpc) is 2.55. The van der Waals surface area contributed by atoms with Crippen molar-refractivity contribution in [3.63, 3.8) is 0 Å². The number of unbranched alkanes of at least 4 members (excludes halogenated alkanes) is 5. The molecule has 0 rings (SSSR count). The molecule has 1 N–H and O–H groups in total. The number of hydrogen-bond donors (Lipinski definition) is 1. The molecule has 0 fully saturated rings. The number of carbonyl (C=O) groups is 1. The van der Waals surface area contributed by atoms with Crippen molar-refractivity contribution < 1.29 is 26.9 Å². The zero-order chi connectivity index (χ0) is 21.1. The molecule has 0 unspecified atom stereocenters. The molecule has 0 spiro atoms. The van der Waals surface area contributed by atoms with E-state index >= 15 is 0 Å². The van der Waals surface area contributed by atoms with Gasteiger partial charge in [0.15, 0.2) is 0 Å². The van der Waals surface area contributed by atoms with Crippen molar-refractivity contribution in [2.45, 2.75) is 103 Å². The van der Waals surface area contributed by atoms with E-state index in [9.17, 15) is 22.2 Å². The van der Waals surface area contributed by atoms with Crippen molar-refractivity contribution in [1.29, 1.82) is 0 Å². The summed E-state index contributed by atoms with van der Waals surface area (Å²) in [5.74, 6) is -2.26. The summed E-state index contributed by atoms with van der Waals surface area (Å²) >= 11 is 0. The third kappa shape index (κ3) is 11.1. The number of esters is 1. The monoisotopic (exact) mass is 415 g/mol. The van der Waals surface area contributed by atoms with Crippen LogP contribution in [0.2, 0.25) is 0 Å². The van der Waals surface area contributed by atoms with E-state index in [-0.39, 0.29) is 13.0 Å². The van der Waals surface area contributed by atoms with E-state index in [0.29, 0.717) is 12.8 Å². The Morgan fingerprint density at radius 2 is 1.56 bits per heavy atom. The molecule has 0 aromatic heterocycles. The Hall–Kier alpha value is -0.630. The molecule has 0 aliphatic carbocycles. The van der Waals surface area contributed by atoms with E-state index in [1.807, 2.05) is 0 Å². The fourth-order valence-electron chi connectivity index (χ4n) is 2.54. The van der Waals surface area contributed by atoms with Gasteiger partial charge >= 0.3 is 12.1 Å². The maximum absolute atomic E-state index is 13.7. The van der Waals surface area contributed by atoms with Crippen molar-refractivity contribution in [3.05, 3.63) is 0 Å². The number of alkyl halides is 3. The second kappa shape index (κ2) is 12.8. The van der Waals surface area contributed by atoms with Gasteiger partial charge in [-0.25, -0.2) is 8.93 Å². The molecule has 27 heavy (non-hydrogen) atoms. The first-order valence-corrected chi connectivity index (χ1v) is 11.0. The second-order valence-corrected chi connectivity index (χ2v) is 9.85. The third-order valence-corrected chi connectivity index (χ3v) is 5.75. The minimum absolute atomic E-state index is 0.0627. The number of nitrogens with one attached hydrogen (secondary N) is 1. The predicted molar refractivity (Wildman–Crippen MR) is 104 cm³/mol. The van der Waals surface area contributed by atoms with Crippen molar-refractivity contribution in [1.82, 2.24) is 4.72 Å². The molecule has 8 heteroatoms. The molecule has 0 bridgehead atoms. The highest BCUT2D eigenvalue weighted by molar-refractivity contribution is 7.84. The Morgan fingerprint density at radius 1 is 1.00 bits per heavy atom. The van der Waals surface area contributed by atoms with Crippen LogP contribution in [0.15, 0.2) is 0 Å². The molecule has 0 saturated heterocycles. The van der Waals surface area contributed by atoms with Gasteiger partial charge in [-0.1, -0.05) is 52.4 Å². The Balaban J connectivity index is 5.21. The van der Waals surface area contributed by atoms with Crippen molar-refractivity contribution in [2.75, 3.05) is 6.61 Å². The first-order chi connectivity index (χ1) is 12.4. The van der Waals surface area contributed by atoms with E-state index < -0.39 is 39.8 Å². The summed E-state index contributed by atoms with van der Waals surface area (Å²) in [7, 11) is -1.95.